The Morgan fingerprint density at radius 1 is 1.55 bits per heavy atom. The lowest BCUT2D eigenvalue weighted by Crippen LogP contribution is -2.16. The first kappa shape index (κ1) is 7.46. The number of hydrogen-bond acceptors (Lipinski definition) is 3. The molecule has 0 aliphatic rings. The van der Waals surface area contributed by atoms with Gasteiger partial charge in [0.05, 0.1) is 6.20 Å². The van der Waals surface area contributed by atoms with E-state index in [9.17, 15) is 4.39 Å². The van der Waals surface area contributed by atoms with Crippen LogP contribution in [-0.2, 0) is 0 Å². The van der Waals surface area contributed by atoms with Crippen LogP contribution >= 0.6 is 0 Å². The molecule has 0 bridgehead atoms. The molecule has 0 spiro atoms. The summed E-state index contributed by atoms with van der Waals surface area (Å²) in [5, 5.41) is 3.20. The van der Waals surface area contributed by atoms with E-state index in [4.69, 9.17) is 11.6 Å². The van der Waals surface area contributed by atoms with E-state index in [0.29, 0.717) is 5.69 Å². The molecule has 0 aromatic carbocycles. The monoisotopic (exact) mass is 154 g/mol. The minimum Gasteiger partial charge on any atom is -0.380 e. The number of hydrogen-bond donors (Lipinski definition) is 2. The number of aromatic nitrogens is 1. The molecular weight excluding hydrogens is 147 g/mol. The van der Waals surface area contributed by atoms with Gasteiger partial charge in [-0.2, -0.15) is 5.10 Å². The second-order valence-corrected chi connectivity index (χ2v) is 1.88. The summed E-state index contributed by atoms with van der Waals surface area (Å²) in [4.78, 5) is 3.64. The Morgan fingerprint density at radius 3 is 2.73 bits per heavy atom. The molecule has 0 unspecified atom stereocenters. The van der Waals surface area contributed by atoms with E-state index in [1.54, 1.807) is 0 Å². The van der Waals surface area contributed by atoms with E-state index in [-0.39, 0.29) is 5.84 Å². The highest BCUT2D eigenvalue weighted by atomic mass is 19.1. The van der Waals surface area contributed by atoms with Crippen LogP contribution in [-0.4, -0.2) is 10.8 Å². The maximum atomic E-state index is 12.3. The number of halogens is 1. The predicted octanol–water partition coefficient (Wildman–Crippen LogP) is -0.200. The fourth-order valence-electron chi connectivity index (χ4n) is 0.593. The Morgan fingerprint density at radius 2 is 2.27 bits per heavy atom. The summed E-state index contributed by atoms with van der Waals surface area (Å²) < 4.78 is 12.3. The van der Waals surface area contributed by atoms with Crippen LogP contribution in [0.2, 0.25) is 0 Å². The SMILES string of the molecule is NN=C(N)c1ccc(F)cn1. The van der Waals surface area contributed by atoms with Crippen molar-refractivity contribution in [1.82, 2.24) is 4.98 Å². The van der Waals surface area contributed by atoms with Gasteiger partial charge in [0, 0.05) is 0 Å². The first-order valence-corrected chi connectivity index (χ1v) is 2.89. The van der Waals surface area contributed by atoms with Crippen LogP contribution < -0.4 is 11.6 Å². The Kier molecular flexibility index (Phi) is 2.00. The first-order chi connectivity index (χ1) is 5.24. The van der Waals surface area contributed by atoms with Crippen molar-refractivity contribution in [3.05, 3.63) is 29.8 Å². The molecule has 4 N–H and O–H groups in total. The summed E-state index contributed by atoms with van der Waals surface area (Å²) in [6, 6.07) is 2.64. The summed E-state index contributed by atoms with van der Waals surface area (Å²) in [6.07, 6.45) is 1.05. The van der Waals surface area contributed by atoms with Crippen LogP contribution in [0, 0.1) is 5.82 Å². The van der Waals surface area contributed by atoms with Crippen molar-refractivity contribution in [3.63, 3.8) is 0 Å². The Labute approximate surface area is 62.7 Å². The molecule has 0 saturated heterocycles. The zero-order valence-corrected chi connectivity index (χ0v) is 5.66. The molecule has 58 valence electrons. The minimum atomic E-state index is -0.418. The Balaban J connectivity index is 2.99. The lowest BCUT2D eigenvalue weighted by molar-refractivity contribution is 0.621. The normalized spacial score (nSPS) is 11.5. The van der Waals surface area contributed by atoms with Crippen molar-refractivity contribution < 1.29 is 4.39 Å². The standard InChI is InChI=1S/C6H7FN4/c7-4-1-2-5(10-3-4)6(8)11-9/h1-3H,9H2,(H2,8,11). The van der Waals surface area contributed by atoms with Crippen molar-refractivity contribution in [1.29, 1.82) is 0 Å². The maximum Gasteiger partial charge on any atom is 0.168 e. The fourth-order valence-corrected chi connectivity index (χ4v) is 0.593. The molecule has 0 aliphatic carbocycles. The van der Waals surface area contributed by atoms with Crippen LogP contribution in [0.3, 0.4) is 0 Å². The molecule has 0 saturated carbocycles. The van der Waals surface area contributed by atoms with E-state index >= 15 is 0 Å². The number of pyridine rings is 1. The molecule has 5 heteroatoms. The number of hydrazone groups is 1. The lowest BCUT2D eigenvalue weighted by Gasteiger charge is -1.95. The van der Waals surface area contributed by atoms with Crippen LogP contribution in [0.5, 0.6) is 0 Å². The average Bonchev–Trinajstić information content (AvgIpc) is 2.05. The topological polar surface area (TPSA) is 77.3 Å². The van der Waals surface area contributed by atoms with Gasteiger partial charge >= 0.3 is 0 Å². The second-order valence-electron chi connectivity index (χ2n) is 1.88. The molecule has 1 heterocycles. The van der Waals surface area contributed by atoms with Crippen molar-refractivity contribution >= 4 is 5.84 Å². The molecule has 0 atom stereocenters. The molecule has 0 fully saturated rings. The van der Waals surface area contributed by atoms with E-state index in [2.05, 4.69) is 10.1 Å². The zero-order valence-electron chi connectivity index (χ0n) is 5.66. The van der Waals surface area contributed by atoms with Gasteiger partial charge in [-0.1, -0.05) is 0 Å². The van der Waals surface area contributed by atoms with Crippen LogP contribution in [0.25, 0.3) is 0 Å². The third-order valence-electron chi connectivity index (χ3n) is 1.13. The van der Waals surface area contributed by atoms with Crippen molar-refractivity contribution in [3.8, 4) is 0 Å². The van der Waals surface area contributed by atoms with E-state index in [1.165, 1.54) is 12.1 Å². The molecular formula is C6H7FN4. The minimum absolute atomic E-state index is 0.0880. The molecule has 4 nitrogen and oxygen atoms in total. The molecule has 0 radical (unpaired) electrons. The summed E-state index contributed by atoms with van der Waals surface area (Å²) in [5.74, 6) is 4.54. The lowest BCUT2D eigenvalue weighted by atomic mass is 10.3. The Hall–Kier alpha value is -1.65. The van der Waals surface area contributed by atoms with Crippen molar-refractivity contribution in [2.75, 3.05) is 0 Å². The number of nitrogens with two attached hydrogens (primary N) is 2. The molecule has 0 aliphatic heterocycles. The van der Waals surface area contributed by atoms with E-state index in [0.717, 1.165) is 6.20 Å². The number of nitrogens with zero attached hydrogens (tertiary/aromatic N) is 2. The quantitative estimate of drug-likeness (QED) is 0.254. The van der Waals surface area contributed by atoms with Gasteiger partial charge < -0.3 is 11.6 Å². The van der Waals surface area contributed by atoms with E-state index in [1.807, 2.05) is 0 Å². The zero-order chi connectivity index (χ0) is 8.27. The highest BCUT2D eigenvalue weighted by Gasteiger charge is 1.98. The molecule has 1 aromatic rings. The summed E-state index contributed by atoms with van der Waals surface area (Å²) >= 11 is 0. The van der Waals surface area contributed by atoms with Gasteiger partial charge in [-0.3, -0.25) is 0 Å². The van der Waals surface area contributed by atoms with Gasteiger partial charge in [-0.25, -0.2) is 9.37 Å². The van der Waals surface area contributed by atoms with Crippen molar-refractivity contribution in [2.45, 2.75) is 0 Å². The second kappa shape index (κ2) is 2.96. The highest BCUT2D eigenvalue weighted by Crippen LogP contribution is 1.96. The van der Waals surface area contributed by atoms with Gasteiger partial charge in [0.2, 0.25) is 0 Å². The summed E-state index contributed by atoms with van der Waals surface area (Å²) in [7, 11) is 0. The fraction of sp³-hybridized carbons (Fsp3) is 0. The van der Waals surface area contributed by atoms with Crippen molar-refractivity contribution in [2.24, 2.45) is 16.7 Å². The highest BCUT2D eigenvalue weighted by molar-refractivity contribution is 5.95. The largest absolute Gasteiger partial charge is 0.380 e. The smallest absolute Gasteiger partial charge is 0.168 e. The maximum absolute atomic E-state index is 12.3. The Bertz CT molecular complexity index is 266. The van der Waals surface area contributed by atoms with E-state index < -0.39 is 5.82 Å². The van der Waals surface area contributed by atoms with Crippen LogP contribution in [0.4, 0.5) is 4.39 Å². The van der Waals surface area contributed by atoms with Gasteiger partial charge in [0.1, 0.15) is 11.5 Å². The molecule has 1 aromatic heterocycles. The molecule has 0 amide bonds. The van der Waals surface area contributed by atoms with Gasteiger partial charge in [0.15, 0.2) is 5.84 Å². The third-order valence-corrected chi connectivity index (χ3v) is 1.13. The van der Waals surface area contributed by atoms with Gasteiger partial charge in [0.25, 0.3) is 0 Å². The number of rotatable bonds is 1. The first-order valence-electron chi connectivity index (χ1n) is 2.89. The van der Waals surface area contributed by atoms with Crippen LogP contribution in [0.15, 0.2) is 23.4 Å². The van der Waals surface area contributed by atoms with Gasteiger partial charge in [-0.15, -0.1) is 0 Å². The van der Waals surface area contributed by atoms with Crippen LogP contribution in [0.1, 0.15) is 5.69 Å². The molecule has 1 rings (SSSR count). The third kappa shape index (κ3) is 1.64. The average molecular weight is 154 g/mol. The number of amidine groups is 1. The molecule has 11 heavy (non-hydrogen) atoms. The predicted molar refractivity (Wildman–Crippen MR) is 39.1 cm³/mol. The summed E-state index contributed by atoms with van der Waals surface area (Å²) in [5.41, 5.74) is 5.65. The van der Waals surface area contributed by atoms with Gasteiger partial charge in [-0.05, 0) is 12.1 Å². The summed E-state index contributed by atoms with van der Waals surface area (Å²) in [6.45, 7) is 0.